The Hall–Kier alpha value is -1.17. The highest BCUT2D eigenvalue weighted by Crippen LogP contribution is 2.26. The van der Waals surface area contributed by atoms with Crippen LogP contribution in [0.1, 0.15) is 11.5 Å². The Morgan fingerprint density at radius 3 is 3.22 bits per heavy atom. The summed E-state index contributed by atoms with van der Waals surface area (Å²) >= 11 is 1.73. The molecule has 1 aliphatic heterocycles. The van der Waals surface area contributed by atoms with E-state index in [2.05, 4.69) is 34.7 Å². The number of rotatable bonds is 3. The molecule has 3 rings (SSSR count). The predicted octanol–water partition coefficient (Wildman–Crippen LogP) is 1.98. The van der Waals surface area contributed by atoms with Gasteiger partial charge in [0.25, 0.3) is 0 Å². The Balaban J connectivity index is 1.75. The predicted molar refractivity (Wildman–Crippen MR) is 73.0 cm³/mol. The molecule has 2 N–H and O–H groups in total. The van der Waals surface area contributed by atoms with Gasteiger partial charge in [-0.2, -0.15) is 0 Å². The van der Waals surface area contributed by atoms with Crippen molar-refractivity contribution in [2.24, 2.45) is 0 Å². The summed E-state index contributed by atoms with van der Waals surface area (Å²) in [6.07, 6.45) is 0.895. The molecule has 0 spiro atoms. The summed E-state index contributed by atoms with van der Waals surface area (Å²) in [7, 11) is 0. The van der Waals surface area contributed by atoms with Gasteiger partial charge in [-0.05, 0) is 18.4 Å². The van der Waals surface area contributed by atoms with Crippen LogP contribution in [0.3, 0.4) is 0 Å². The summed E-state index contributed by atoms with van der Waals surface area (Å²) in [6, 6.07) is 4.55. The maximum absolute atomic E-state index is 5.46. The molecule has 1 saturated heterocycles. The molecular formula is C13H17N3OS. The summed E-state index contributed by atoms with van der Waals surface area (Å²) < 4.78 is 5.46. The third kappa shape index (κ3) is 2.48. The Bertz CT molecular complexity index is 500. The average molecular weight is 263 g/mol. The van der Waals surface area contributed by atoms with Gasteiger partial charge in [-0.3, -0.25) is 0 Å². The van der Waals surface area contributed by atoms with Crippen LogP contribution in [-0.2, 0) is 11.2 Å². The molecule has 18 heavy (non-hydrogen) atoms. The molecule has 4 nitrogen and oxygen atoms in total. The molecule has 0 saturated carbocycles. The molecule has 96 valence electrons. The van der Waals surface area contributed by atoms with Gasteiger partial charge in [-0.15, -0.1) is 11.3 Å². The smallest absolute Gasteiger partial charge is 0.108 e. The van der Waals surface area contributed by atoms with Crippen LogP contribution < -0.4 is 5.32 Å². The van der Waals surface area contributed by atoms with Gasteiger partial charge in [0, 0.05) is 24.7 Å². The summed E-state index contributed by atoms with van der Waals surface area (Å²) in [5, 5.41) is 5.53. The van der Waals surface area contributed by atoms with Crippen molar-refractivity contribution in [2.75, 3.05) is 19.8 Å². The molecule has 2 aromatic rings. The number of thiophene rings is 1. The zero-order chi connectivity index (χ0) is 12.4. The number of H-pyrrole nitrogens is 1. The molecule has 0 amide bonds. The van der Waals surface area contributed by atoms with Gasteiger partial charge in [-0.1, -0.05) is 6.07 Å². The van der Waals surface area contributed by atoms with Crippen molar-refractivity contribution in [1.29, 1.82) is 0 Å². The van der Waals surface area contributed by atoms with Crippen LogP contribution in [0.15, 0.2) is 17.5 Å². The van der Waals surface area contributed by atoms with Crippen LogP contribution in [-0.4, -0.2) is 35.8 Å². The van der Waals surface area contributed by atoms with Crippen molar-refractivity contribution in [1.82, 2.24) is 15.3 Å². The largest absolute Gasteiger partial charge is 0.379 e. The fourth-order valence-electron chi connectivity index (χ4n) is 2.26. The maximum atomic E-state index is 5.46. The van der Waals surface area contributed by atoms with E-state index in [1.807, 2.05) is 0 Å². The summed E-state index contributed by atoms with van der Waals surface area (Å²) in [6.45, 7) is 4.60. The lowest BCUT2D eigenvalue weighted by Gasteiger charge is -2.22. The van der Waals surface area contributed by atoms with Gasteiger partial charge in [0.15, 0.2) is 0 Å². The monoisotopic (exact) mass is 263 g/mol. The average Bonchev–Trinajstić information content (AvgIpc) is 3.00. The first kappa shape index (κ1) is 11.9. The second-order valence-electron chi connectivity index (χ2n) is 4.56. The minimum Gasteiger partial charge on any atom is -0.379 e. The molecular weight excluding hydrogens is 246 g/mol. The summed E-state index contributed by atoms with van der Waals surface area (Å²) in [5.41, 5.74) is 2.22. The number of hydrogen-bond acceptors (Lipinski definition) is 4. The van der Waals surface area contributed by atoms with Gasteiger partial charge in [-0.25, -0.2) is 4.98 Å². The van der Waals surface area contributed by atoms with Crippen molar-refractivity contribution >= 4 is 11.3 Å². The minimum absolute atomic E-state index is 0.375. The number of morpholine rings is 1. The standard InChI is InChI=1S/C13H17N3OS/c1-9-13(11-3-2-6-18-11)16-12(15-9)7-10-8-17-5-4-14-10/h2-3,6,10,14H,4-5,7-8H2,1H3,(H,15,16). The molecule has 1 fully saturated rings. The molecule has 1 atom stereocenters. The third-order valence-corrected chi connectivity index (χ3v) is 4.00. The second kappa shape index (κ2) is 5.22. The molecule has 1 aliphatic rings. The van der Waals surface area contributed by atoms with Crippen molar-refractivity contribution in [2.45, 2.75) is 19.4 Å². The van der Waals surface area contributed by atoms with Crippen LogP contribution >= 0.6 is 11.3 Å². The van der Waals surface area contributed by atoms with Crippen LogP contribution in [0.25, 0.3) is 10.6 Å². The van der Waals surface area contributed by atoms with E-state index >= 15 is 0 Å². The molecule has 0 bridgehead atoms. The number of hydrogen-bond donors (Lipinski definition) is 2. The number of aromatic amines is 1. The second-order valence-corrected chi connectivity index (χ2v) is 5.51. The number of nitrogens with one attached hydrogen (secondary N) is 2. The van der Waals surface area contributed by atoms with E-state index in [1.165, 1.54) is 4.88 Å². The Labute approximate surface area is 110 Å². The number of aromatic nitrogens is 2. The third-order valence-electron chi connectivity index (χ3n) is 3.13. The molecule has 0 radical (unpaired) electrons. The molecule has 5 heteroatoms. The van der Waals surface area contributed by atoms with E-state index in [4.69, 9.17) is 9.72 Å². The van der Waals surface area contributed by atoms with Gasteiger partial charge in [0.05, 0.1) is 18.1 Å². The van der Waals surface area contributed by atoms with Crippen LogP contribution in [0.4, 0.5) is 0 Å². The summed E-state index contributed by atoms with van der Waals surface area (Å²) in [4.78, 5) is 9.31. The van der Waals surface area contributed by atoms with Gasteiger partial charge in [0.1, 0.15) is 11.5 Å². The van der Waals surface area contributed by atoms with Gasteiger partial charge < -0.3 is 15.0 Å². The minimum atomic E-state index is 0.375. The highest BCUT2D eigenvalue weighted by molar-refractivity contribution is 7.13. The van der Waals surface area contributed by atoms with E-state index in [-0.39, 0.29) is 0 Å². The number of aryl methyl sites for hydroxylation is 1. The number of ether oxygens (including phenoxy) is 1. The van der Waals surface area contributed by atoms with E-state index < -0.39 is 0 Å². The molecule has 3 heterocycles. The quantitative estimate of drug-likeness (QED) is 0.890. The van der Waals surface area contributed by atoms with Crippen molar-refractivity contribution < 1.29 is 4.74 Å². The van der Waals surface area contributed by atoms with Crippen LogP contribution in [0, 0.1) is 6.92 Å². The highest BCUT2D eigenvalue weighted by atomic mass is 32.1. The number of imidazole rings is 1. The first-order chi connectivity index (χ1) is 8.83. The Morgan fingerprint density at radius 1 is 1.56 bits per heavy atom. The number of nitrogens with zero attached hydrogens (tertiary/aromatic N) is 1. The zero-order valence-electron chi connectivity index (χ0n) is 10.4. The van der Waals surface area contributed by atoms with Crippen molar-refractivity contribution in [3.63, 3.8) is 0 Å². The van der Waals surface area contributed by atoms with E-state index in [1.54, 1.807) is 11.3 Å². The molecule has 0 aromatic carbocycles. The van der Waals surface area contributed by atoms with Crippen molar-refractivity contribution in [3.8, 4) is 10.6 Å². The molecule has 1 unspecified atom stereocenters. The van der Waals surface area contributed by atoms with Crippen molar-refractivity contribution in [3.05, 3.63) is 29.0 Å². The normalized spacial score (nSPS) is 20.2. The first-order valence-electron chi connectivity index (χ1n) is 6.23. The lowest BCUT2D eigenvalue weighted by molar-refractivity contribution is 0.0764. The topological polar surface area (TPSA) is 49.9 Å². The van der Waals surface area contributed by atoms with Crippen LogP contribution in [0.5, 0.6) is 0 Å². The molecule has 0 aliphatic carbocycles. The molecule has 2 aromatic heterocycles. The lowest BCUT2D eigenvalue weighted by Crippen LogP contribution is -2.42. The van der Waals surface area contributed by atoms with Gasteiger partial charge >= 0.3 is 0 Å². The fraction of sp³-hybridized carbons (Fsp3) is 0.462. The highest BCUT2D eigenvalue weighted by Gasteiger charge is 2.17. The zero-order valence-corrected chi connectivity index (χ0v) is 11.2. The summed E-state index contributed by atoms with van der Waals surface area (Å²) in [5.74, 6) is 1.04. The lowest BCUT2D eigenvalue weighted by atomic mass is 10.2. The Morgan fingerprint density at radius 2 is 2.50 bits per heavy atom. The van der Waals surface area contributed by atoms with E-state index in [0.717, 1.165) is 43.4 Å². The fourth-order valence-corrected chi connectivity index (χ4v) is 3.03. The Kier molecular flexibility index (Phi) is 3.45. The van der Waals surface area contributed by atoms with Gasteiger partial charge in [0.2, 0.25) is 0 Å². The van der Waals surface area contributed by atoms with E-state index in [0.29, 0.717) is 6.04 Å². The first-order valence-corrected chi connectivity index (χ1v) is 7.11. The SMILES string of the molecule is Cc1[nH]c(CC2COCCN2)nc1-c1cccs1. The van der Waals surface area contributed by atoms with Crippen LogP contribution in [0.2, 0.25) is 0 Å². The maximum Gasteiger partial charge on any atom is 0.108 e. The van der Waals surface area contributed by atoms with E-state index in [9.17, 15) is 0 Å².